The molecule has 0 nitrogen and oxygen atoms in total. The van der Waals surface area contributed by atoms with Crippen molar-refractivity contribution in [3.05, 3.63) is 114 Å². The van der Waals surface area contributed by atoms with Gasteiger partial charge < -0.3 is 0 Å². The molecule has 0 saturated carbocycles. The number of aryl methyl sites for hydroxylation is 2. The largest absolute Gasteiger partial charge is 0.184 e. The number of hydrogen-bond acceptors (Lipinski definition) is 0. The molecule has 0 unspecified atom stereocenters. The fourth-order valence-corrected chi connectivity index (χ4v) is 6.88. The first kappa shape index (κ1) is 31.1. The van der Waals surface area contributed by atoms with Gasteiger partial charge in [0.2, 0.25) is 0 Å². The molecule has 0 aromatic heterocycles. The maximum atomic E-state index is 4.93. The van der Waals surface area contributed by atoms with Crippen molar-refractivity contribution >= 4 is 47.7 Å². The van der Waals surface area contributed by atoms with E-state index in [0.717, 1.165) is 15.9 Å². The van der Waals surface area contributed by atoms with Crippen molar-refractivity contribution in [2.24, 2.45) is 0 Å². The van der Waals surface area contributed by atoms with E-state index in [2.05, 4.69) is 119 Å². The second-order valence-corrected chi connectivity index (χ2v) is 15.4. The van der Waals surface area contributed by atoms with Crippen LogP contribution in [0.4, 0.5) is 0 Å². The van der Waals surface area contributed by atoms with E-state index in [1.807, 2.05) is 6.07 Å². The second-order valence-electron chi connectivity index (χ2n) is 10.4. The van der Waals surface area contributed by atoms with Crippen molar-refractivity contribution in [3.63, 3.8) is 0 Å². The first-order chi connectivity index (χ1) is 19.5. The summed E-state index contributed by atoms with van der Waals surface area (Å²) in [6.45, 7) is 9.13. The van der Waals surface area contributed by atoms with Crippen LogP contribution in [-0.4, -0.2) is 9.52 Å². The van der Waals surface area contributed by atoms with Crippen LogP contribution in [0, 0.1) is 6.07 Å². The first-order valence-electron chi connectivity index (χ1n) is 14.2. The summed E-state index contributed by atoms with van der Waals surface area (Å²) < 4.78 is 0. The van der Waals surface area contributed by atoms with Crippen molar-refractivity contribution in [3.8, 4) is 22.3 Å². The van der Waals surface area contributed by atoms with E-state index >= 15 is 0 Å². The van der Waals surface area contributed by atoms with Crippen molar-refractivity contribution in [2.45, 2.75) is 59.3 Å². The molecule has 1 heterocycles. The van der Waals surface area contributed by atoms with Crippen LogP contribution in [0.1, 0.15) is 63.1 Å². The van der Waals surface area contributed by atoms with Crippen molar-refractivity contribution < 1.29 is 20.8 Å². The number of fused-ring (bicyclic) bond motifs is 4. The van der Waals surface area contributed by atoms with Crippen molar-refractivity contribution in [2.75, 3.05) is 0 Å². The average molecular weight is 659 g/mol. The Labute approximate surface area is 262 Å². The van der Waals surface area contributed by atoms with E-state index in [1.165, 1.54) is 79.4 Å². The number of halogens is 2. The Morgan fingerprint density at radius 1 is 0.825 bits per heavy atom. The maximum Gasteiger partial charge on any atom is 0.0920 e. The van der Waals surface area contributed by atoms with Gasteiger partial charge in [0.05, 0.1) is 9.52 Å². The molecule has 0 bridgehead atoms. The normalized spacial score (nSPS) is 11.2. The molecule has 1 aliphatic heterocycles. The molecule has 0 spiro atoms. The number of hydrogen-bond donors (Lipinski definition) is 0. The molecule has 2 radical (unpaired) electrons. The van der Waals surface area contributed by atoms with E-state index in [0.29, 0.717) is 5.92 Å². The van der Waals surface area contributed by atoms with Crippen LogP contribution in [0.2, 0.25) is 0 Å². The molecule has 6 rings (SSSR count). The van der Waals surface area contributed by atoms with Crippen LogP contribution in [0.3, 0.4) is 0 Å². The number of rotatable bonds is 6. The number of benzene rings is 4. The van der Waals surface area contributed by atoms with E-state index in [4.69, 9.17) is 17.0 Å². The minimum absolute atomic E-state index is 0.538. The van der Waals surface area contributed by atoms with Gasteiger partial charge in [0, 0.05) is 0 Å². The van der Waals surface area contributed by atoms with Gasteiger partial charge >= 0.3 is 37.9 Å². The molecule has 5 aromatic rings. The Balaban J connectivity index is 0.000000192. The summed E-state index contributed by atoms with van der Waals surface area (Å²) >= 11 is -0.826. The van der Waals surface area contributed by atoms with Crippen LogP contribution in [0.15, 0.2) is 91.0 Å². The van der Waals surface area contributed by atoms with Crippen LogP contribution in [0.5, 0.6) is 0 Å². The molecule has 0 atom stereocenters. The van der Waals surface area contributed by atoms with Crippen LogP contribution >= 0.6 is 17.0 Å². The van der Waals surface area contributed by atoms with E-state index in [9.17, 15) is 0 Å². The monoisotopic (exact) mass is 656 g/mol. The molecular weight excluding hydrogens is 623 g/mol. The molecule has 0 fully saturated rings. The van der Waals surface area contributed by atoms with Gasteiger partial charge in [-0.05, 0) is 29.9 Å². The average Bonchev–Trinajstić information content (AvgIpc) is 3.55. The summed E-state index contributed by atoms with van der Waals surface area (Å²) in [6, 6.07) is 36.6. The SMILES string of the molecule is CCCc1cc2c(-c3ccccc3C(C)C)c(CCC)ccc2[cH-]1.[Cl][Zr+2][Cl].[c-]1cccc2c1[Si]c1ccccc1-2. The Bertz CT molecular complexity index is 1490. The molecule has 0 saturated heterocycles. The quantitative estimate of drug-likeness (QED) is 0.124. The minimum Gasteiger partial charge on any atom is -0.184 e. The molecule has 5 aromatic carbocycles. The van der Waals surface area contributed by atoms with E-state index < -0.39 is 20.8 Å². The minimum atomic E-state index is -0.826. The molecule has 0 amide bonds. The van der Waals surface area contributed by atoms with Crippen LogP contribution in [-0.2, 0) is 33.7 Å². The summed E-state index contributed by atoms with van der Waals surface area (Å²) in [6.07, 6.45) is 4.70. The summed E-state index contributed by atoms with van der Waals surface area (Å²) in [4.78, 5) is 0. The summed E-state index contributed by atoms with van der Waals surface area (Å²) in [5, 5.41) is 5.66. The second kappa shape index (κ2) is 15.4. The molecule has 202 valence electrons. The van der Waals surface area contributed by atoms with Gasteiger partial charge in [-0.2, -0.15) is 35.5 Å². The topological polar surface area (TPSA) is 0 Å². The Morgan fingerprint density at radius 3 is 2.23 bits per heavy atom. The zero-order chi connectivity index (χ0) is 28.5. The molecular formula is C36H36Cl2SiZr. The predicted molar refractivity (Wildman–Crippen MR) is 174 cm³/mol. The fraction of sp³-hybridized carbons (Fsp3) is 0.250. The van der Waals surface area contributed by atoms with Crippen LogP contribution < -0.4 is 10.4 Å². The van der Waals surface area contributed by atoms with E-state index in [1.54, 1.807) is 0 Å². The first-order valence-corrected chi connectivity index (χ1v) is 21.5. The zero-order valence-electron chi connectivity index (χ0n) is 23.8. The van der Waals surface area contributed by atoms with Gasteiger partial charge in [-0.3, -0.25) is 0 Å². The predicted octanol–water partition coefficient (Wildman–Crippen LogP) is 9.75. The van der Waals surface area contributed by atoms with Crippen LogP contribution in [0.25, 0.3) is 33.0 Å². The zero-order valence-corrected chi connectivity index (χ0v) is 28.8. The fourth-order valence-electron chi connectivity index (χ4n) is 5.57. The summed E-state index contributed by atoms with van der Waals surface area (Å²) in [7, 11) is 10.7. The third-order valence-corrected chi connectivity index (χ3v) is 8.65. The van der Waals surface area contributed by atoms with Gasteiger partial charge in [-0.25, -0.2) is 0 Å². The molecule has 40 heavy (non-hydrogen) atoms. The standard InChI is InChI=1S/C24H29.C12H7Si.2ClH.Zr/c1-5-9-18-15-20-14-13-19(10-6-2)24(23(20)16-18)22-12-8-7-11-21(22)17(3)4;1-3-7-11-9(5-1)10-6-2-4-8-12(10)13-11;;;/h7-8,11-17H,5-6,9-10H2,1-4H3;1-7H;2*1H;/q2*-1;;;+4/p-2. The van der Waals surface area contributed by atoms with Gasteiger partial charge in [-0.15, -0.1) is 40.1 Å². The summed E-state index contributed by atoms with van der Waals surface area (Å²) in [5.41, 5.74) is 10.1. The third kappa shape index (κ3) is 7.32. The Hall–Kier alpha value is -1.83. The van der Waals surface area contributed by atoms with E-state index in [-0.39, 0.29) is 0 Å². The molecule has 0 aliphatic carbocycles. The van der Waals surface area contributed by atoms with Gasteiger partial charge in [0.25, 0.3) is 0 Å². The van der Waals surface area contributed by atoms with Crippen molar-refractivity contribution in [1.82, 2.24) is 0 Å². The molecule has 4 heteroatoms. The third-order valence-electron chi connectivity index (χ3n) is 7.28. The Kier molecular flexibility index (Phi) is 12.0. The van der Waals surface area contributed by atoms with Crippen molar-refractivity contribution in [1.29, 1.82) is 0 Å². The maximum absolute atomic E-state index is 4.93. The van der Waals surface area contributed by atoms with Gasteiger partial charge in [0.1, 0.15) is 0 Å². The smallest absolute Gasteiger partial charge is 0.0920 e. The Morgan fingerprint density at radius 2 is 1.50 bits per heavy atom. The van der Waals surface area contributed by atoms with Gasteiger partial charge in [0.15, 0.2) is 0 Å². The summed E-state index contributed by atoms with van der Waals surface area (Å²) in [5.74, 6) is 0.538. The molecule has 1 aliphatic rings. The van der Waals surface area contributed by atoms with Gasteiger partial charge in [-0.1, -0.05) is 111 Å². The molecule has 0 N–H and O–H groups in total.